The molecule has 0 radical (unpaired) electrons. The number of aromatic nitrogens is 2. The monoisotopic (exact) mass is 501 g/mol. The van der Waals surface area contributed by atoms with E-state index in [1.54, 1.807) is 0 Å². The van der Waals surface area contributed by atoms with Crippen LogP contribution in [0, 0.1) is 11.8 Å². The van der Waals surface area contributed by atoms with Gasteiger partial charge >= 0.3 is 0 Å². The van der Waals surface area contributed by atoms with Crippen molar-refractivity contribution in [3.8, 4) is 0 Å². The van der Waals surface area contributed by atoms with Crippen molar-refractivity contribution >= 4 is 39.7 Å². The van der Waals surface area contributed by atoms with Gasteiger partial charge < -0.3 is 10.2 Å². The van der Waals surface area contributed by atoms with E-state index in [2.05, 4.69) is 33.3 Å². The topological polar surface area (TPSA) is 61.4 Å². The standard InChI is InChI=1S/C25H29ClFN5OS/c26-20-4-2-16(3-5-20)17-10-18-12-32(13-19(18)11-17)25-29-22-6-9-34(33)23(22)24(30-25)28-21-14-31(15-21)8-1-7-27/h2-5,10,18-19,21H,1,6-9,11-15H2,(H,28,29,30)/t18-,19+,34-/m1/s1. The van der Waals surface area contributed by atoms with Gasteiger partial charge in [-0.1, -0.05) is 29.8 Å². The zero-order valence-corrected chi connectivity index (χ0v) is 20.6. The summed E-state index contributed by atoms with van der Waals surface area (Å²) in [6, 6.07) is 8.38. The predicted octanol–water partition coefficient (Wildman–Crippen LogP) is 3.79. The Morgan fingerprint density at radius 3 is 2.74 bits per heavy atom. The summed E-state index contributed by atoms with van der Waals surface area (Å²) in [4.78, 5) is 15.1. The molecule has 2 fully saturated rings. The van der Waals surface area contributed by atoms with E-state index >= 15 is 0 Å². The van der Waals surface area contributed by atoms with Gasteiger partial charge in [-0.2, -0.15) is 4.98 Å². The molecule has 6 rings (SSSR count). The van der Waals surface area contributed by atoms with E-state index in [0.29, 0.717) is 24.0 Å². The highest BCUT2D eigenvalue weighted by molar-refractivity contribution is 7.85. The van der Waals surface area contributed by atoms with Crippen molar-refractivity contribution in [3.05, 3.63) is 46.6 Å². The second-order valence-corrected chi connectivity index (χ2v) is 11.8. The second-order valence-electron chi connectivity index (χ2n) is 9.82. The SMILES string of the molecule is O=[S@@]1CCc2nc(N3C[C@@H]4CC(c5ccc(Cl)cc5)=C[C@@H]4C3)nc(NC3CN(CCCF)C3)c21. The smallest absolute Gasteiger partial charge is 0.227 e. The van der Waals surface area contributed by atoms with Crippen LogP contribution in [-0.2, 0) is 17.2 Å². The van der Waals surface area contributed by atoms with Crippen LogP contribution in [0.2, 0.25) is 5.02 Å². The third-order valence-electron chi connectivity index (χ3n) is 7.47. The van der Waals surface area contributed by atoms with Gasteiger partial charge in [-0.3, -0.25) is 13.5 Å². The Morgan fingerprint density at radius 2 is 1.97 bits per heavy atom. The van der Waals surface area contributed by atoms with E-state index in [0.717, 1.165) is 72.9 Å². The number of rotatable bonds is 7. The lowest BCUT2D eigenvalue weighted by molar-refractivity contribution is 0.155. The molecule has 34 heavy (non-hydrogen) atoms. The summed E-state index contributed by atoms with van der Waals surface area (Å²) in [6.45, 7) is 4.09. The number of aryl methyl sites for hydroxylation is 1. The first kappa shape index (κ1) is 22.4. The van der Waals surface area contributed by atoms with Crippen molar-refractivity contribution in [1.82, 2.24) is 14.9 Å². The van der Waals surface area contributed by atoms with Gasteiger partial charge in [-0.15, -0.1) is 0 Å². The molecule has 0 unspecified atom stereocenters. The molecule has 3 aliphatic heterocycles. The highest BCUT2D eigenvalue weighted by atomic mass is 35.5. The second kappa shape index (κ2) is 9.21. The molecule has 4 aliphatic rings. The number of allylic oxidation sites excluding steroid dienone is 1. The summed E-state index contributed by atoms with van der Waals surface area (Å²) >= 11 is 6.05. The molecular formula is C25H29ClFN5OS. The number of benzene rings is 1. The molecule has 4 heterocycles. The van der Waals surface area contributed by atoms with Crippen molar-refractivity contribution in [1.29, 1.82) is 0 Å². The number of nitrogens with zero attached hydrogens (tertiary/aromatic N) is 4. The van der Waals surface area contributed by atoms with Crippen LogP contribution in [0.15, 0.2) is 35.2 Å². The summed E-state index contributed by atoms with van der Waals surface area (Å²) in [7, 11) is -1.05. The summed E-state index contributed by atoms with van der Waals surface area (Å²) in [5.41, 5.74) is 3.59. The molecule has 2 saturated heterocycles. The lowest BCUT2D eigenvalue weighted by atomic mass is 9.98. The van der Waals surface area contributed by atoms with Crippen molar-refractivity contribution in [3.63, 3.8) is 0 Å². The van der Waals surface area contributed by atoms with Crippen LogP contribution < -0.4 is 10.2 Å². The van der Waals surface area contributed by atoms with Gasteiger partial charge in [0.15, 0.2) is 0 Å². The van der Waals surface area contributed by atoms with Crippen molar-refractivity contribution in [2.45, 2.75) is 30.2 Å². The minimum absolute atomic E-state index is 0.256. The Kier molecular flexibility index (Phi) is 6.07. The summed E-state index contributed by atoms with van der Waals surface area (Å²) in [6.07, 6.45) is 4.78. The molecule has 6 nitrogen and oxygen atoms in total. The molecular weight excluding hydrogens is 473 g/mol. The van der Waals surface area contributed by atoms with Crippen LogP contribution >= 0.6 is 11.6 Å². The zero-order valence-electron chi connectivity index (χ0n) is 19.1. The average Bonchev–Trinajstić information content (AvgIpc) is 3.49. The summed E-state index contributed by atoms with van der Waals surface area (Å²) in [5.74, 6) is 3.16. The quantitative estimate of drug-likeness (QED) is 0.623. The fourth-order valence-corrected chi connectivity index (χ4v) is 7.13. The highest BCUT2D eigenvalue weighted by Gasteiger charge is 2.39. The molecule has 0 bridgehead atoms. The Morgan fingerprint density at radius 1 is 1.15 bits per heavy atom. The summed E-state index contributed by atoms with van der Waals surface area (Å²) < 4.78 is 25.1. The number of hydrogen-bond donors (Lipinski definition) is 1. The molecule has 0 saturated carbocycles. The Balaban J connectivity index is 1.18. The number of likely N-dealkylation sites (tertiary alicyclic amines) is 1. The van der Waals surface area contributed by atoms with Gasteiger partial charge in [-0.05, 0) is 47.9 Å². The maximum Gasteiger partial charge on any atom is 0.227 e. The van der Waals surface area contributed by atoms with Crippen LogP contribution in [-0.4, -0.2) is 70.3 Å². The third-order valence-corrected chi connectivity index (χ3v) is 9.18. The number of fused-ring (bicyclic) bond motifs is 2. The van der Waals surface area contributed by atoms with Crippen LogP contribution in [0.1, 0.15) is 24.1 Å². The van der Waals surface area contributed by atoms with E-state index in [9.17, 15) is 8.60 Å². The largest absolute Gasteiger partial charge is 0.364 e. The normalized spacial score (nSPS) is 26.4. The molecule has 180 valence electrons. The lowest BCUT2D eigenvalue weighted by Gasteiger charge is -2.40. The number of halogens is 2. The van der Waals surface area contributed by atoms with Crippen molar-refractivity contribution in [2.24, 2.45) is 11.8 Å². The lowest BCUT2D eigenvalue weighted by Crippen LogP contribution is -2.55. The van der Waals surface area contributed by atoms with E-state index in [1.807, 2.05) is 12.1 Å². The van der Waals surface area contributed by atoms with Crippen LogP contribution in [0.5, 0.6) is 0 Å². The molecule has 0 spiro atoms. The third kappa shape index (κ3) is 4.25. The molecule has 1 aromatic carbocycles. The maximum absolute atomic E-state index is 12.7. The molecule has 1 aliphatic carbocycles. The van der Waals surface area contributed by atoms with Crippen LogP contribution in [0.4, 0.5) is 16.2 Å². The summed E-state index contributed by atoms with van der Waals surface area (Å²) in [5, 5.41) is 4.30. The first-order valence-corrected chi connectivity index (χ1v) is 13.8. The van der Waals surface area contributed by atoms with E-state index in [4.69, 9.17) is 21.6 Å². The zero-order chi connectivity index (χ0) is 23.2. The van der Waals surface area contributed by atoms with Crippen LogP contribution in [0.25, 0.3) is 5.57 Å². The van der Waals surface area contributed by atoms with Gasteiger partial charge in [-0.25, -0.2) is 4.98 Å². The minimum Gasteiger partial charge on any atom is -0.364 e. The van der Waals surface area contributed by atoms with Crippen LogP contribution in [0.3, 0.4) is 0 Å². The van der Waals surface area contributed by atoms with Crippen molar-refractivity contribution < 1.29 is 8.60 Å². The highest BCUT2D eigenvalue weighted by Crippen LogP contribution is 2.42. The van der Waals surface area contributed by atoms with Gasteiger partial charge in [0.05, 0.1) is 29.2 Å². The van der Waals surface area contributed by atoms with Gasteiger partial charge in [0.1, 0.15) is 10.7 Å². The molecule has 3 atom stereocenters. The van der Waals surface area contributed by atoms with E-state index < -0.39 is 10.8 Å². The predicted molar refractivity (Wildman–Crippen MR) is 135 cm³/mol. The van der Waals surface area contributed by atoms with E-state index in [1.165, 1.54) is 11.1 Å². The molecule has 9 heteroatoms. The molecule has 0 amide bonds. The minimum atomic E-state index is -1.05. The van der Waals surface area contributed by atoms with Crippen molar-refractivity contribution in [2.75, 3.05) is 55.4 Å². The Bertz CT molecular complexity index is 1140. The first-order chi connectivity index (χ1) is 16.6. The number of hydrogen-bond acceptors (Lipinski definition) is 6. The fourth-order valence-electron chi connectivity index (χ4n) is 5.70. The number of nitrogens with one attached hydrogen (secondary N) is 1. The Labute approximate surface area is 207 Å². The first-order valence-electron chi connectivity index (χ1n) is 12.1. The van der Waals surface area contributed by atoms with Gasteiger partial charge in [0.25, 0.3) is 0 Å². The van der Waals surface area contributed by atoms with Gasteiger partial charge in [0, 0.05) is 49.9 Å². The molecule has 2 aromatic rings. The van der Waals surface area contributed by atoms with Gasteiger partial charge in [0.2, 0.25) is 5.95 Å². The number of anilines is 2. The molecule has 1 N–H and O–H groups in total. The fraction of sp³-hybridized carbons (Fsp3) is 0.520. The maximum atomic E-state index is 12.7. The Hall–Kier alpha value is -2.03. The van der Waals surface area contributed by atoms with E-state index in [-0.39, 0.29) is 12.7 Å². The average molecular weight is 502 g/mol. The number of alkyl halides is 1. The molecule has 1 aromatic heterocycles.